The average Bonchev–Trinajstić information content (AvgIpc) is 3.67. The maximum Gasteiger partial charge on any atom is -1.00 e. The van der Waals surface area contributed by atoms with Crippen LogP contribution >= 0.6 is 0 Å². The van der Waals surface area contributed by atoms with E-state index in [0.29, 0.717) is 0 Å². The zero-order chi connectivity index (χ0) is 26.2. The molecule has 0 fully saturated rings. The summed E-state index contributed by atoms with van der Waals surface area (Å²) >= 11 is -2.03. The van der Waals surface area contributed by atoms with Crippen LogP contribution in [0.25, 0.3) is 33.4 Å². The predicted molar refractivity (Wildman–Crippen MR) is 163 cm³/mol. The van der Waals surface area contributed by atoms with Gasteiger partial charge in [-0.05, 0) is 0 Å². The van der Waals surface area contributed by atoms with Crippen molar-refractivity contribution >= 4 is 7.68 Å². The third-order valence-corrected chi connectivity index (χ3v) is 12.9. The molecule has 5 aromatic carbocycles. The Morgan fingerprint density at radius 3 is 1.85 bits per heavy atom. The molecule has 0 N–H and O–H groups in total. The van der Waals surface area contributed by atoms with Crippen molar-refractivity contribution in [3.8, 4) is 33.4 Å². The summed E-state index contributed by atoms with van der Waals surface area (Å²) in [6.07, 6.45) is 9.11. The second kappa shape index (κ2) is 12.7. The minimum Gasteiger partial charge on any atom is -1.00 e. The Bertz CT molecular complexity index is 1780. The van der Waals surface area contributed by atoms with E-state index < -0.39 is 17.4 Å². The first-order valence-corrected chi connectivity index (χ1v) is 16.1. The summed E-state index contributed by atoms with van der Waals surface area (Å²) in [6, 6.07) is 44.9. The van der Waals surface area contributed by atoms with Crippen LogP contribution in [-0.2, 0) is 23.8 Å². The predicted octanol–water partition coefficient (Wildman–Crippen LogP) is 2.93. The topological polar surface area (TPSA) is 0 Å². The third-order valence-electron chi connectivity index (χ3n) is 8.17. The Kier molecular flexibility index (Phi) is 9.07. The van der Waals surface area contributed by atoms with Crippen molar-refractivity contribution in [3.63, 3.8) is 0 Å². The summed E-state index contributed by atoms with van der Waals surface area (Å²) in [6.45, 7) is 2.40. The van der Waals surface area contributed by atoms with Gasteiger partial charge in [-0.1, -0.05) is 0 Å². The van der Waals surface area contributed by atoms with Gasteiger partial charge in [0.05, 0.1) is 0 Å². The number of rotatable bonds is 5. The zero-order valence-electron chi connectivity index (χ0n) is 22.9. The van der Waals surface area contributed by atoms with Crippen LogP contribution in [0.4, 0.5) is 0 Å². The fourth-order valence-electron chi connectivity index (χ4n) is 6.19. The van der Waals surface area contributed by atoms with Crippen molar-refractivity contribution in [2.24, 2.45) is 0 Å². The van der Waals surface area contributed by atoms with E-state index in [2.05, 4.69) is 146 Å². The number of benzene rings is 5. The van der Waals surface area contributed by atoms with Gasteiger partial charge in [-0.2, -0.15) is 0 Å². The van der Waals surface area contributed by atoms with Gasteiger partial charge < -0.3 is 24.8 Å². The summed E-state index contributed by atoms with van der Waals surface area (Å²) in [4.78, 5) is 0. The number of hydrogen-bond donors (Lipinski definition) is 0. The molecule has 7 rings (SSSR count). The molecule has 0 unspecified atom stereocenters. The third kappa shape index (κ3) is 5.63. The van der Waals surface area contributed by atoms with Crippen LogP contribution in [0, 0.1) is 0 Å². The van der Waals surface area contributed by atoms with Crippen molar-refractivity contribution in [2.75, 3.05) is 0 Å². The van der Waals surface area contributed by atoms with Crippen molar-refractivity contribution in [1.29, 1.82) is 0 Å². The normalized spacial score (nSPS) is 12.9. The Morgan fingerprint density at radius 2 is 1.22 bits per heavy atom. The van der Waals surface area contributed by atoms with E-state index in [0.717, 1.165) is 12.8 Å². The average molecular weight is 605 g/mol. The van der Waals surface area contributed by atoms with Crippen LogP contribution in [0.1, 0.15) is 30.0 Å². The smallest absolute Gasteiger partial charge is 1.00 e. The molecule has 0 aromatic heterocycles. The number of allylic oxidation sites excluding steroid dienone is 4. The molecule has 0 aliphatic heterocycles. The number of halogens is 2. The molecular formula is C38H30Cl2Ti. The van der Waals surface area contributed by atoms with Crippen molar-refractivity contribution in [3.05, 3.63) is 160 Å². The van der Waals surface area contributed by atoms with Crippen LogP contribution in [0.3, 0.4) is 0 Å². The Labute approximate surface area is 261 Å². The fourth-order valence-corrected chi connectivity index (χ4v) is 11.0. The zero-order valence-corrected chi connectivity index (χ0v) is 26.0. The van der Waals surface area contributed by atoms with Gasteiger partial charge in [-0.25, -0.2) is 0 Å². The Balaban J connectivity index is 0.00000169. The number of fused-ring (bicyclic) bond motifs is 3. The van der Waals surface area contributed by atoms with Crippen molar-refractivity contribution < 1.29 is 42.2 Å². The van der Waals surface area contributed by atoms with Gasteiger partial charge >= 0.3 is 238 Å². The Morgan fingerprint density at radius 1 is 0.610 bits per heavy atom. The molecule has 0 bridgehead atoms. The molecule has 0 saturated heterocycles. The standard InChI is InChI=1S/C25H17.C8H8.C5H5.2ClH.Ti/c1-3-7-18(8-4-1)20-11-13-22-15-23-14-12-21(17-25(23)24(22)16-20)19-9-5-2-6-10-19;1-2-8-6-4-3-5-7-8;1-2-4-5-3-1;;;/h1-13,16-17H,15H2;3-7H,1H3;1-3H,4H2;2*1H;/q;;;;;+2/p-2. The molecule has 0 amide bonds. The monoisotopic (exact) mass is 604 g/mol. The van der Waals surface area contributed by atoms with E-state index in [1.54, 1.807) is 17.1 Å². The molecule has 200 valence electrons. The van der Waals surface area contributed by atoms with E-state index in [-0.39, 0.29) is 24.8 Å². The van der Waals surface area contributed by atoms with E-state index >= 15 is 0 Å². The van der Waals surface area contributed by atoms with Crippen LogP contribution in [-0.4, -0.2) is 3.81 Å². The second-order valence-corrected chi connectivity index (χ2v) is 14.7. The SMILES string of the molecule is C/[C](c1ccccc1)=[Ti+2](\[C]1=CC=CC1)[c]1cc(-c2ccccc2)cc2c1Cc1ccc(-c3ccccc3)cc1-2.[Cl-].[Cl-]. The summed E-state index contributed by atoms with van der Waals surface area (Å²) in [7, 11) is 0. The molecular weight excluding hydrogens is 575 g/mol. The molecule has 0 spiro atoms. The minimum atomic E-state index is -2.03. The Hall–Kier alpha value is -3.26. The quantitative estimate of drug-likeness (QED) is 0.266. The van der Waals surface area contributed by atoms with Gasteiger partial charge in [0.1, 0.15) is 0 Å². The maximum absolute atomic E-state index is 2.55. The van der Waals surface area contributed by atoms with Crippen LogP contribution in [0.5, 0.6) is 0 Å². The van der Waals surface area contributed by atoms with Gasteiger partial charge in [-0.3, -0.25) is 0 Å². The molecule has 0 atom stereocenters. The molecule has 41 heavy (non-hydrogen) atoms. The summed E-state index contributed by atoms with van der Waals surface area (Å²) in [5, 5.41) is 0. The van der Waals surface area contributed by atoms with E-state index in [1.165, 1.54) is 44.5 Å². The molecule has 3 heteroatoms. The first-order valence-electron chi connectivity index (χ1n) is 13.8. The van der Waals surface area contributed by atoms with Gasteiger partial charge in [0.15, 0.2) is 0 Å². The molecule has 0 radical (unpaired) electrons. The summed E-state index contributed by atoms with van der Waals surface area (Å²) in [5.74, 6) is 0. The molecule has 2 aliphatic carbocycles. The van der Waals surface area contributed by atoms with Crippen LogP contribution in [0.15, 0.2) is 143 Å². The first-order chi connectivity index (χ1) is 19.3. The van der Waals surface area contributed by atoms with Gasteiger partial charge in [0.25, 0.3) is 0 Å². The van der Waals surface area contributed by atoms with Gasteiger partial charge in [0, 0.05) is 0 Å². The van der Waals surface area contributed by atoms with Crippen molar-refractivity contribution in [2.45, 2.75) is 19.8 Å². The fraction of sp³-hybridized carbons (Fsp3) is 0.0789. The minimum absolute atomic E-state index is 0. The van der Waals surface area contributed by atoms with Crippen molar-refractivity contribution in [1.82, 2.24) is 0 Å². The largest absolute Gasteiger partial charge is 1.00 e. The summed E-state index contributed by atoms with van der Waals surface area (Å²) in [5.41, 5.74) is 12.4. The summed E-state index contributed by atoms with van der Waals surface area (Å²) < 4.78 is 4.84. The molecule has 2 aliphatic rings. The van der Waals surface area contributed by atoms with Gasteiger partial charge in [-0.15, -0.1) is 0 Å². The van der Waals surface area contributed by atoms with Crippen LogP contribution in [0.2, 0.25) is 0 Å². The molecule has 5 aromatic rings. The van der Waals surface area contributed by atoms with E-state index in [1.807, 2.05) is 0 Å². The molecule has 0 saturated carbocycles. The van der Waals surface area contributed by atoms with E-state index in [4.69, 9.17) is 0 Å². The maximum atomic E-state index is 2.55. The molecule has 0 heterocycles. The van der Waals surface area contributed by atoms with Gasteiger partial charge in [0.2, 0.25) is 0 Å². The first kappa shape index (κ1) is 29.2. The van der Waals surface area contributed by atoms with Crippen LogP contribution < -0.4 is 28.7 Å². The second-order valence-electron chi connectivity index (χ2n) is 10.5. The van der Waals surface area contributed by atoms with E-state index in [9.17, 15) is 0 Å². The molecule has 0 nitrogen and oxygen atoms in total. The number of hydrogen-bond acceptors (Lipinski definition) is 0.